The van der Waals surface area contributed by atoms with Crippen molar-refractivity contribution in [1.82, 2.24) is 4.90 Å². The largest absolute Gasteiger partial charge is 0.443 e. The van der Waals surface area contributed by atoms with Gasteiger partial charge < -0.3 is 9.84 Å². The predicted molar refractivity (Wildman–Crippen MR) is 57.7 cm³/mol. The Morgan fingerprint density at radius 1 is 1.50 bits per heavy atom. The molecule has 0 atom stereocenters. The Hall–Kier alpha value is -1.36. The second kappa shape index (κ2) is 4.25. The molecule has 1 heterocycles. The van der Waals surface area contributed by atoms with Crippen molar-refractivity contribution < 1.29 is 19.4 Å². The Morgan fingerprint density at radius 2 is 2.06 bits per heavy atom. The van der Waals surface area contributed by atoms with E-state index < -0.39 is 11.7 Å². The maximum atomic E-state index is 11.5. The van der Waals surface area contributed by atoms with Crippen LogP contribution in [0.1, 0.15) is 27.7 Å². The summed E-state index contributed by atoms with van der Waals surface area (Å²) in [6, 6.07) is 0. The Morgan fingerprint density at radius 3 is 2.44 bits per heavy atom. The number of likely N-dealkylation sites (tertiary alicyclic amines) is 1. The summed E-state index contributed by atoms with van der Waals surface area (Å²) in [4.78, 5) is 24.1. The van der Waals surface area contributed by atoms with Crippen LogP contribution in [0.3, 0.4) is 0 Å². The van der Waals surface area contributed by atoms with Gasteiger partial charge in [-0.3, -0.25) is 4.79 Å². The van der Waals surface area contributed by atoms with Gasteiger partial charge in [0, 0.05) is 5.57 Å². The molecule has 0 aromatic heterocycles. The normalized spacial score (nSPS) is 19.3. The Labute approximate surface area is 94.7 Å². The lowest BCUT2D eigenvalue weighted by Crippen LogP contribution is -2.52. The van der Waals surface area contributed by atoms with Crippen LogP contribution in [0.25, 0.3) is 0 Å². The number of carbonyl (C=O) groups excluding carboxylic acids is 2. The molecule has 1 N–H and O–H groups in total. The zero-order chi connectivity index (χ0) is 12.5. The number of β-lactam (4-membered cyclic amide) rings is 1. The lowest BCUT2D eigenvalue weighted by Gasteiger charge is -2.34. The number of ether oxygens (including phenoxy) is 1. The Kier molecular flexibility index (Phi) is 3.38. The van der Waals surface area contributed by atoms with Gasteiger partial charge in [-0.25, -0.2) is 9.69 Å². The van der Waals surface area contributed by atoms with Gasteiger partial charge in [0.05, 0.1) is 13.2 Å². The molecule has 1 rings (SSSR count). The molecule has 1 fully saturated rings. The number of hydrogen-bond donors (Lipinski definition) is 1. The molecule has 1 saturated heterocycles. The highest BCUT2D eigenvalue weighted by Gasteiger charge is 2.39. The molecule has 0 radical (unpaired) electrons. The Bertz CT molecular complexity index is 351. The first kappa shape index (κ1) is 12.7. The van der Waals surface area contributed by atoms with E-state index in [0.717, 1.165) is 4.90 Å². The van der Waals surface area contributed by atoms with Crippen LogP contribution in [0.15, 0.2) is 11.1 Å². The fourth-order valence-corrected chi connectivity index (χ4v) is 1.25. The van der Waals surface area contributed by atoms with Crippen LogP contribution >= 0.6 is 0 Å². The van der Waals surface area contributed by atoms with Gasteiger partial charge in [-0.1, -0.05) is 0 Å². The van der Waals surface area contributed by atoms with Crippen LogP contribution in [0.4, 0.5) is 4.79 Å². The topological polar surface area (TPSA) is 66.8 Å². The minimum absolute atomic E-state index is 0.163. The van der Waals surface area contributed by atoms with Crippen molar-refractivity contribution in [2.45, 2.75) is 33.3 Å². The third kappa shape index (κ3) is 2.61. The highest BCUT2D eigenvalue weighted by atomic mass is 16.6. The molecule has 2 amide bonds. The smallest absolute Gasteiger partial charge is 0.417 e. The van der Waals surface area contributed by atoms with Crippen LogP contribution in [0.5, 0.6) is 0 Å². The maximum Gasteiger partial charge on any atom is 0.417 e. The fourth-order valence-electron chi connectivity index (χ4n) is 1.25. The van der Waals surface area contributed by atoms with Gasteiger partial charge in [0.15, 0.2) is 0 Å². The average molecular weight is 227 g/mol. The quantitative estimate of drug-likeness (QED) is 0.537. The summed E-state index contributed by atoms with van der Waals surface area (Å²) in [5.41, 5.74) is 0.487. The molecule has 90 valence electrons. The van der Waals surface area contributed by atoms with Crippen LogP contribution in [0, 0.1) is 0 Å². The molecule has 1 aliphatic heterocycles. The van der Waals surface area contributed by atoms with E-state index in [4.69, 9.17) is 9.84 Å². The number of rotatable bonds is 1. The summed E-state index contributed by atoms with van der Waals surface area (Å²) in [6.45, 7) is 6.95. The van der Waals surface area contributed by atoms with E-state index in [0.29, 0.717) is 11.1 Å². The van der Waals surface area contributed by atoms with Crippen molar-refractivity contribution in [3.05, 3.63) is 11.1 Å². The van der Waals surface area contributed by atoms with Crippen molar-refractivity contribution in [2.75, 3.05) is 13.2 Å². The molecule has 5 heteroatoms. The van der Waals surface area contributed by atoms with Gasteiger partial charge in [-0.2, -0.15) is 0 Å². The SMILES string of the molecule is C/C(CO)=C1/CN(C(=O)OC(C)(C)C)C1=O. The molecule has 0 unspecified atom stereocenters. The summed E-state index contributed by atoms with van der Waals surface area (Å²) >= 11 is 0. The zero-order valence-corrected chi connectivity index (χ0v) is 10.0. The van der Waals surface area contributed by atoms with Crippen molar-refractivity contribution in [2.24, 2.45) is 0 Å². The van der Waals surface area contributed by atoms with Crippen LogP contribution in [0.2, 0.25) is 0 Å². The number of amides is 2. The van der Waals surface area contributed by atoms with E-state index in [1.54, 1.807) is 27.7 Å². The summed E-state index contributed by atoms with van der Waals surface area (Å²) in [6.07, 6.45) is -0.632. The summed E-state index contributed by atoms with van der Waals surface area (Å²) < 4.78 is 5.05. The van der Waals surface area contributed by atoms with Gasteiger partial charge in [0.2, 0.25) is 0 Å². The van der Waals surface area contributed by atoms with Crippen LogP contribution < -0.4 is 0 Å². The summed E-state index contributed by atoms with van der Waals surface area (Å²) in [7, 11) is 0. The van der Waals surface area contributed by atoms with Crippen molar-refractivity contribution in [3.8, 4) is 0 Å². The van der Waals surface area contributed by atoms with Crippen LogP contribution in [-0.2, 0) is 9.53 Å². The fraction of sp³-hybridized carbons (Fsp3) is 0.636. The summed E-state index contributed by atoms with van der Waals surface area (Å²) in [5, 5.41) is 8.85. The second-order valence-corrected chi connectivity index (χ2v) is 4.79. The number of carbonyl (C=O) groups is 2. The van der Waals surface area contributed by atoms with Crippen LogP contribution in [-0.4, -0.2) is 40.8 Å². The molecule has 0 bridgehead atoms. The zero-order valence-electron chi connectivity index (χ0n) is 10.0. The third-order valence-corrected chi connectivity index (χ3v) is 2.19. The molecule has 5 nitrogen and oxygen atoms in total. The van der Waals surface area contributed by atoms with E-state index in [-0.39, 0.29) is 19.1 Å². The van der Waals surface area contributed by atoms with Gasteiger partial charge >= 0.3 is 6.09 Å². The van der Waals surface area contributed by atoms with E-state index in [9.17, 15) is 9.59 Å². The molecule has 16 heavy (non-hydrogen) atoms. The molecule has 0 spiro atoms. The first-order valence-electron chi connectivity index (χ1n) is 5.10. The predicted octanol–water partition coefficient (Wildman–Crippen LogP) is 1.07. The summed E-state index contributed by atoms with van der Waals surface area (Å²) in [5.74, 6) is -0.374. The first-order valence-corrected chi connectivity index (χ1v) is 5.10. The van der Waals surface area contributed by atoms with Gasteiger partial charge in [0.1, 0.15) is 5.60 Å². The standard InChI is InChI=1S/C11H17NO4/c1-7(6-13)8-5-12(9(8)14)10(15)16-11(2,3)4/h13H,5-6H2,1-4H3/b8-7+. The van der Waals surface area contributed by atoms with Crippen molar-refractivity contribution in [1.29, 1.82) is 0 Å². The molecule has 0 aromatic carbocycles. The molecular formula is C11H17NO4. The minimum Gasteiger partial charge on any atom is -0.443 e. The third-order valence-electron chi connectivity index (χ3n) is 2.19. The Balaban J connectivity index is 2.63. The van der Waals surface area contributed by atoms with E-state index in [1.165, 1.54) is 0 Å². The highest BCUT2D eigenvalue weighted by Crippen LogP contribution is 2.22. The average Bonchev–Trinajstić information content (AvgIpc) is 2.12. The second-order valence-electron chi connectivity index (χ2n) is 4.79. The number of hydrogen-bond acceptors (Lipinski definition) is 4. The number of aliphatic hydroxyl groups is 1. The monoisotopic (exact) mass is 227 g/mol. The molecule has 1 aliphatic rings. The van der Waals surface area contributed by atoms with Crippen molar-refractivity contribution in [3.63, 3.8) is 0 Å². The van der Waals surface area contributed by atoms with Gasteiger partial charge in [-0.15, -0.1) is 0 Å². The highest BCUT2D eigenvalue weighted by molar-refractivity contribution is 6.09. The lowest BCUT2D eigenvalue weighted by molar-refractivity contribution is -0.131. The maximum absolute atomic E-state index is 11.5. The van der Waals surface area contributed by atoms with Gasteiger partial charge in [0.25, 0.3) is 5.91 Å². The van der Waals surface area contributed by atoms with E-state index in [1.807, 2.05) is 0 Å². The number of nitrogens with zero attached hydrogens (tertiary/aromatic N) is 1. The molecule has 0 aromatic rings. The van der Waals surface area contributed by atoms with E-state index in [2.05, 4.69) is 0 Å². The van der Waals surface area contributed by atoms with Gasteiger partial charge in [-0.05, 0) is 33.3 Å². The molecule has 0 aliphatic carbocycles. The van der Waals surface area contributed by atoms with E-state index >= 15 is 0 Å². The van der Waals surface area contributed by atoms with Crippen molar-refractivity contribution >= 4 is 12.0 Å². The first-order chi connectivity index (χ1) is 7.26. The molecule has 0 saturated carbocycles. The number of imide groups is 1. The minimum atomic E-state index is -0.632. The lowest BCUT2D eigenvalue weighted by atomic mass is 10.0. The molecular weight excluding hydrogens is 210 g/mol. The number of aliphatic hydroxyl groups excluding tert-OH is 1.